The van der Waals surface area contributed by atoms with Crippen molar-refractivity contribution in [2.75, 3.05) is 13.9 Å². The van der Waals surface area contributed by atoms with Crippen molar-refractivity contribution >= 4 is 5.97 Å². The maximum Gasteiger partial charge on any atom is 0.338 e. The molecule has 0 spiro atoms. The van der Waals surface area contributed by atoms with Crippen LogP contribution >= 0.6 is 0 Å². The van der Waals surface area contributed by atoms with Crippen LogP contribution in [0.1, 0.15) is 10.4 Å². The Morgan fingerprint density at radius 2 is 2.29 bits per heavy atom. The van der Waals surface area contributed by atoms with E-state index < -0.39 is 5.97 Å². The Morgan fingerprint density at radius 3 is 3.00 bits per heavy atom. The second kappa shape index (κ2) is 3.10. The molecule has 14 heavy (non-hydrogen) atoms. The van der Waals surface area contributed by atoms with E-state index >= 15 is 0 Å². The number of phenols is 1. The summed E-state index contributed by atoms with van der Waals surface area (Å²) in [6.07, 6.45) is 0. The number of ether oxygens (including phenoxy) is 3. The molecule has 0 radical (unpaired) electrons. The molecule has 1 aromatic rings. The molecule has 0 bridgehead atoms. The Hall–Kier alpha value is -1.91. The van der Waals surface area contributed by atoms with Crippen molar-refractivity contribution < 1.29 is 24.1 Å². The molecule has 0 unspecified atom stereocenters. The Bertz CT molecular complexity index is 385. The van der Waals surface area contributed by atoms with Gasteiger partial charge in [-0.05, 0) is 12.1 Å². The van der Waals surface area contributed by atoms with Crippen molar-refractivity contribution in [3.8, 4) is 17.2 Å². The summed E-state index contributed by atoms with van der Waals surface area (Å²) in [5.41, 5.74) is 0.231. The van der Waals surface area contributed by atoms with Crippen LogP contribution in [0.2, 0.25) is 0 Å². The van der Waals surface area contributed by atoms with E-state index in [1.165, 1.54) is 19.2 Å². The molecule has 0 saturated carbocycles. The van der Waals surface area contributed by atoms with E-state index in [-0.39, 0.29) is 23.9 Å². The van der Waals surface area contributed by atoms with Crippen molar-refractivity contribution in [1.29, 1.82) is 0 Å². The van der Waals surface area contributed by atoms with Crippen LogP contribution in [-0.4, -0.2) is 25.0 Å². The zero-order valence-corrected chi connectivity index (χ0v) is 7.44. The van der Waals surface area contributed by atoms with Gasteiger partial charge >= 0.3 is 5.97 Å². The van der Waals surface area contributed by atoms with Crippen molar-refractivity contribution in [3.63, 3.8) is 0 Å². The highest BCUT2D eigenvalue weighted by Gasteiger charge is 2.21. The van der Waals surface area contributed by atoms with Gasteiger partial charge in [0.05, 0.1) is 12.7 Å². The zero-order chi connectivity index (χ0) is 10.1. The SMILES string of the molecule is COC(=O)c1cc(O)c2c(c1)OCO2. The van der Waals surface area contributed by atoms with Crippen molar-refractivity contribution in [2.24, 2.45) is 0 Å². The van der Waals surface area contributed by atoms with Crippen molar-refractivity contribution in [2.45, 2.75) is 0 Å². The van der Waals surface area contributed by atoms with Crippen LogP contribution < -0.4 is 9.47 Å². The number of esters is 1. The van der Waals surface area contributed by atoms with Gasteiger partial charge in [0, 0.05) is 0 Å². The summed E-state index contributed by atoms with van der Waals surface area (Å²) in [5.74, 6) is -0.0398. The lowest BCUT2D eigenvalue weighted by Gasteiger charge is -2.02. The smallest absolute Gasteiger partial charge is 0.338 e. The standard InChI is InChI=1S/C9H8O5/c1-12-9(11)5-2-6(10)8-7(3-5)13-4-14-8/h2-3,10H,4H2,1H3. The highest BCUT2D eigenvalue weighted by atomic mass is 16.7. The van der Waals surface area contributed by atoms with E-state index in [0.717, 1.165) is 0 Å². The van der Waals surface area contributed by atoms with E-state index in [9.17, 15) is 9.90 Å². The van der Waals surface area contributed by atoms with Gasteiger partial charge in [0.1, 0.15) is 0 Å². The second-order valence-corrected chi connectivity index (χ2v) is 2.72. The Morgan fingerprint density at radius 1 is 1.50 bits per heavy atom. The van der Waals surface area contributed by atoms with Gasteiger partial charge in [0.25, 0.3) is 0 Å². The van der Waals surface area contributed by atoms with E-state index in [1.807, 2.05) is 0 Å². The third-order valence-electron chi connectivity index (χ3n) is 1.87. The number of carbonyl (C=O) groups excluding carboxylic acids is 1. The van der Waals surface area contributed by atoms with E-state index in [4.69, 9.17) is 9.47 Å². The van der Waals surface area contributed by atoms with Crippen molar-refractivity contribution in [3.05, 3.63) is 17.7 Å². The van der Waals surface area contributed by atoms with Crippen LogP contribution in [0.25, 0.3) is 0 Å². The molecule has 0 aliphatic carbocycles. The minimum atomic E-state index is -0.529. The van der Waals surface area contributed by atoms with Gasteiger partial charge in [0.2, 0.25) is 12.5 Å². The summed E-state index contributed by atoms with van der Waals surface area (Å²) >= 11 is 0. The molecule has 0 amide bonds. The molecule has 74 valence electrons. The minimum absolute atomic E-state index is 0.0491. The fraction of sp³-hybridized carbons (Fsp3) is 0.222. The summed E-state index contributed by atoms with van der Waals surface area (Å²) in [5, 5.41) is 9.44. The number of fused-ring (bicyclic) bond motifs is 1. The normalized spacial score (nSPS) is 12.6. The molecule has 1 aliphatic heterocycles. The number of phenolic OH excluding ortho intramolecular Hbond substituents is 1. The first-order valence-corrected chi connectivity index (χ1v) is 3.93. The molecule has 1 aromatic carbocycles. The molecule has 0 fully saturated rings. The van der Waals surface area contributed by atoms with Gasteiger partial charge in [-0.3, -0.25) is 0 Å². The van der Waals surface area contributed by atoms with Crippen LogP contribution in [0.15, 0.2) is 12.1 Å². The lowest BCUT2D eigenvalue weighted by molar-refractivity contribution is 0.0600. The molecule has 2 rings (SSSR count). The number of benzene rings is 1. The van der Waals surface area contributed by atoms with Gasteiger partial charge in [-0.2, -0.15) is 0 Å². The predicted octanol–water partition coefficient (Wildman–Crippen LogP) is 0.907. The maximum absolute atomic E-state index is 11.1. The molecule has 1 aliphatic rings. The van der Waals surface area contributed by atoms with Crippen LogP contribution in [0.5, 0.6) is 17.2 Å². The number of hydrogen-bond donors (Lipinski definition) is 1. The fourth-order valence-corrected chi connectivity index (χ4v) is 1.23. The molecule has 1 N–H and O–H groups in total. The third kappa shape index (κ3) is 1.22. The molecule has 0 saturated heterocycles. The fourth-order valence-electron chi connectivity index (χ4n) is 1.23. The average molecular weight is 196 g/mol. The summed E-state index contributed by atoms with van der Waals surface area (Å²) in [4.78, 5) is 11.1. The number of carbonyl (C=O) groups is 1. The number of aromatic hydroxyl groups is 1. The monoisotopic (exact) mass is 196 g/mol. The molecule has 5 nitrogen and oxygen atoms in total. The lowest BCUT2D eigenvalue weighted by atomic mass is 10.2. The molecule has 5 heteroatoms. The summed E-state index contributed by atoms with van der Waals surface area (Å²) in [6, 6.07) is 2.74. The van der Waals surface area contributed by atoms with E-state index in [0.29, 0.717) is 5.75 Å². The van der Waals surface area contributed by atoms with Gasteiger partial charge in [-0.25, -0.2) is 4.79 Å². The average Bonchev–Trinajstić information content (AvgIpc) is 2.64. The number of methoxy groups -OCH3 is 1. The number of rotatable bonds is 1. The largest absolute Gasteiger partial charge is 0.504 e. The predicted molar refractivity (Wildman–Crippen MR) is 45.6 cm³/mol. The van der Waals surface area contributed by atoms with Gasteiger partial charge < -0.3 is 19.3 Å². The number of hydrogen-bond acceptors (Lipinski definition) is 5. The molecule has 1 heterocycles. The Balaban J connectivity index is 2.46. The van der Waals surface area contributed by atoms with Crippen LogP contribution in [0, 0.1) is 0 Å². The Kier molecular flexibility index (Phi) is 1.92. The van der Waals surface area contributed by atoms with Crippen LogP contribution in [0.4, 0.5) is 0 Å². The highest BCUT2D eigenvalue weighted by Crippen LogP contribution is 2.41. The van der Waals surface area contributed by atoms with Gasteiger partial charge in [-0.15, -0.1) is 0 Å². The van der Waals surface area contributed by atoms with Crippen LogP contribution in [-0.2, 0) is 4.74 Å². The van der Waals surface area contributed by atoms with Gasteiger partial charge in [-0.1, -0.05) is 0 Å². The van der Waals surface area contributed by atoms with Crippen molar-refractivity contribution in [1.82, 2.24) is 0 Å². The second-order valence-electron chi connectivity index (χ2n) is 2.72. The highest BCUT2D eigenvalue weighted by molar-refractivity contribution is 5.91. The third-order valence-corrected chi connectivity index (χ3v) is 1.87. The summed E-state index contributed by atoms with van der Waals surface area (Å²) in [6.45, 7) is 0.0491. The molecule has 0 atom stereocenters. The van der Waals surface area contributed by atoms with Gasteiger partial charge in [0.15, 0.2) is 11.5 Å². The molecular weight excluding hydrogens is 188 g/mol. The van der Waals surface area contributed by atoms with E-state index in [1.54, 1.807) is 0 Å². The summed E-state index contributed by atoms with van der Waals surface area (Å²) < 4.78 is 14.5. The topological polar surface area (TPSA) is 65.0 Å². The van der Waals surface area contributed by atoms with Crippen LogP contribution in [0.3, 0.4) is 0 Å². The minimum Gasteiger partial charge on any atom is -0.504 e. The molecule has 0 aromatic heterocycles. The first-order valence-electron chi connectivity index (χ1n) is 3.93. The quantitative estimate of drug-likeness (QED) is 0.676. The lowest BCUT2D eigenvalue weighted by Crippen LogP contribution is -2.00. The van der Waals surface area contributed by atoms with E-state index in [2.05, 4.69) is 4.74 Å². The summed E-state index contributed by atoms with van der Waals surface area (Å²) in [7, 11) is 1.27. The first-order chi connectivity index (χ1) is 6.72. The maximum atomic E-state index is 11.1. The molecular formula is C9H8O5. The Labute approximate surface area is 79.8 Å². The zero-order valence-electron chi connectivity index (χ0n) is 7.44. The first kappa shape index (κ1) is 8.68.